The molecule has 2 rings (SSSR count). The molecule has 122 valence electrons. The molecule has 1 heterocycles. The number of halogens is 1. The first-order valence-electron chi connectivity index (χ1n) is 6.88. The number of hydrogen-bond donors (Lipinski definition) is 1. The van der Waals surface area contributed by atoms with Gasteiger partial charge in [-0.3, -0.25) is 10.1 Å². The second-order valence-corrected chi connectivity index (χ2v) is 4.55. The number of rotatable bonds is 7. The molecule has 8 heteroatoms. The Morgan fingerprint density at radius 3 is 2.83 bits per heavy atom. The van der Waals surface area contributed by atoms with Crippen molar-refractivity contribution in [2.45, 2.75) is 13.5 Å². The van der Waals surface area contributed by atoms with Gasteiger partial charge in [-0.1, -0.05) is 0 Å². The van der Waals surface area contributed by atoms with Crippen LogP contribution in [0, 0.1) is 15.9 Å². The van der Waals surface area contributed by atoms with Crippen molar-refractivity contribution in [3.8, 4) is 11.6 Å². The molecule has 0 saturated carbocycles. The van der Waals surface area contributed by atoms with Gasteiger partial charge in [0.05, 0.1) is 24.7 Å². The molecule has 0 amide bonds. The molecule has 0 fully saturated rings. The van der Waals surface area contributed by atoms with Gasteiger partial charge in [-0.25, -0.2) is 9.37 Å². The highest BCUT2D eigenvalue weighted by Gasteiger charge is 2.18. The van der Waals surface area contributed by atoms with Crippen LogP contribution in [0.15, 0.2) is 30.5 Å². The zero-order chi connectivity index (χ0) is 16.8. The van der Waals surface area contributed by atoms with Crippen LogP contribution < -0.4 is 14.8 Å². The molecule has 0 unspecified atom stereocenters. The van der Waals surface area contributed by atoms with Crippen molar-refractivity contribution in [1.82, 2.24) is 4.98 Å². The molecule has 0 spiro atoms. The highest BCUT2D eigenvalue weighted by Crippen LogP contribution is 2.32. The number of anilines is 1. The third-order valence-electron chi connectivity index (χ3n) is 3.04. The molecule has 1 N–H and O–H groups in total. The summed E-state index contributed by atoms with van der Waals surface area (Å²) in [5, 5.41) is 14.0. The Bertz CT molecular complexity index is 709. The number of nitrogens with one attached hydrogen (secondary N) is 1. The van der Waals surface area contributed by atoms with E-state index in [4.69, 9.17) is 9.47 Å². The summed E-state index contributed by atoms with van der Waals surface area (Å²) >= 11 is 0. The van der Waals surface area contributed by atoms with Crippen molar-refractivity contribution in [3.05, 3.63) is 52.0 Å². The van der Waals surface area contributed by atoms with Crippen molar-refractivity contribution in [1.29, 1.82) is 0 Å². The van der Waals surface area contributed by atoms with Gasteiger partial charge < -0.3 is 14.8 Å². The number of nitro benzene ring substituents is 1. The Labute approximate surface area is 132 Å². The van der Waals surface area contributed by atoms with Crippen LogP contribution in [-0.4, -0.2) is 23.6 Å². The molecule has 23 heavy (non-hydrogen) atoms. The van der Waals surface area contributed by atoms with Crippen LogP contribution in [0.1, 0.15) is 12.5 Å². The van der Waals surface area contributed by atoms with Crippen LogP contribution in [0.25, 0.3) is 0 Å². The molecule has 1 aromatic heterocycles. The monoisotopic (exact) mass is 321 g/mol. The Morgan fingerprint density at radius 2 is 2.17 bits per heavy atom. The van der Waals surface area contributed by atoms with Gasteiger partial charge in [-0.15, -0.1) is 0 Å². The normalized spacial score (nSPS) is 10.2. The predicted octanol–water partition coefficient (Wildman–Crippen LogP) is 3.15. The number of aromatic nitrogens is 1. The molecule has 0 radical (unpaired) electrons. The fourth-order valence-electron chi connectivity index (χ4n) is 1.98. The summed E-state index contributed by atoms with van der Waals surface area (Å²) < 4.78 is 23.8. The average Bonchev–Trinajstić information content (AvgIpc) is 2.54. The Hall–Kier alpha value is -2.90. The second-order valence-electron chi connectivity index (χ2n) is 4.55. The summed E-state index contributed by atoms with van der Waals surface area (Å²) in [5.41, 5.74) is 0.631. The van der Waals surface area contributed by atoms with Crippen molar-refractivity contribution >= 4 is 11.4 Å². The number of benzene rings is 1. The molecular formula is C15H16FN3O4. The lowest BCUT2D eigenvalue weighted by molar-refractivity contribution is -0.384. The number of methoxy groups -OCH3 is 1. The van der Waals surface area contributed by atoms with E-state index < -0.39 is 10.7 Å². The van der Waals surface area contributed by atoms with Crippen LogP contribution in [0.4, 0.5) is 15.8 Å². The first-order valence-corrected chi connectivity index (χ1v) is 6.88. The van der Waals surface area contributed by atoms with E-state index in [0.717, 1.165) is 11.6 Å². The van der Waals surface area contributed by atoms with E-state index in [1.165, 1.54) is 13.2 Å². The lowest BCUT2D eigenvalue weighted by Gasteiger charge is -2.10. The van der Waals surface area contributed by atoms with Crippen LogP contribution in [-0.2, 0) is 6.54 Å². The fourth-order valence-corrected chi connectivity index (χ4v) is 1.98. The van der Waals surface area contributed by atoms with Gasteiger partial charge in [0.25, 0.3) is 5.69 Å². The summed E-state index contributed by atoms with van der Waals surface area (Å²) in [4.78, 5) is 14.4. The van der Waals surface area contributed by atoms with Gasteiger partial charge in [0.15, 0.2) is 11.6 Å². The average molecular weight is 321 g/mol. The zero-order valence-corrected chi connectivity index (χ0v) is 12.7. The predicted molar refractivity (Wildman–Crippen MR) is 82.3 cm³/mol. The van der Waals surface area contributed by atoms with E-state index in [9.17, 15) is 14.5 Å². The number of ether oxygens (including phenoxy) is 2. The molecular weight excluding hydrogens is 305 g/mol. The zero-order valence-electron chi connectivity index (χ0n) is 12.7. The summed E-state index contributed by atoms with van der Waals surface area (Å²) in [7, 11) is 1.30. The van der Waals surface area contributed by atoms with Gasteiger partial charge in [-0.05, 0) is 18.6 Å². The summed E-state index contributed by atoms with van der Waals surface area (Å²) in [6.07, 6.45) is 1.58. The molecule has 1 aromatic carbocycles. The highest BCUT2D eigenvalue weighted by atomic mass is 19.1. The lowest BCUT2D eigenvalue weighted by Crippen LogP contribution is -2.05. The number of nitrogens with zero attached hydrogens (tertiary/aromatic N) is 2. The molecule has 0 atom stereocenters. The van der Waals surface area contributed by atoms with Gasteiger partial charge in [-0.2, -0.15) is 0 Å². The Kier molecular flexibility index (Phi) is 5.29. The minimum atomic E-state index is -0.785. The van der Waals surface area contributed by atoms with Crippen molar-refractivity contribution in [3.63, 3.8) is 0 Å². The summed E-state index contributed by atoms with van der Waals surface area (Å²) in [6.45, 7) is 2.63. The molecule has 0 aliphatic rings. The van der Waals surface area contributed by atoms with Gasteiger partial charge in [0.2, 0.25) is 5.88 Å². The largest absolute Gasteiger partial charge is 0.494 e. The van der Waals surface area contributed by atoms with E-state index in [-0.39, 0.29) is 23.7 Å². The number of pyridine rings is 1. The molecule has 0 saturated heterocycles. The van der Waals surface area contributed by atoms with E-state index in [1.807, 2.05) is 6.92 Å². The van der Waals surface area contributed by atoms with Crippen molar-refractivity contribution in [2.24, 2.45) is 0 Å². The highest BCUT2D eigenvalue weighted by molar-refractivity contribution is 5.64. The van der Waals surface area contributed by atoms with Crippen molar-refractivity contribution in [2.75, 3.05) is 19.0 Å². The van der Waals surface area contributed by atoms with Crippen LogP contribution in [0.3, 0.4) is 0 Å². The first-order chi connectivity index (χ1) is 11.0. The maximum atomic E-state index is 13.6. The number of hydrogen-bond acceptors (Lipinski definition) is 6. The van der Waals surface area contributed by atoms with Crippen molar-refractivity contribution < 1.29 is 18.8 Å². The van der Waals surface area contributed by atoms with Gasteiger partial charge in [0, 0.05) is 24.9 Å². The third-order valence-corrected chi connectivity index (χ3v) is 3.04. The van der Waals surface area contributed by atoms with E-state index in [0.29, 0.717) is 12.5 Å². The first kappa shape index (κ1) is 16.5. The SMILES string of the molecule is CCOc1cc(CNc2cc(OC)c(F)cc2[N+](=O)[O-])ccn1. The minimum Gasteiger partial charge on any atom is -0.494 e. The molecule has 0 aliphatic heterocycles. The molecule has 7 nitrogen and oxygen atoms in total. The Balaban J connectivity index is 2.22. The maximum absolute atomic E-state index is 13.6. The van der Waals surface area contributed by atoms with Gasteiger partial charge >= 0.3 is 0 Å². The lowest BCUT2D eigenvalue weighted by atomic mass is 10.2. The summed E-state index contributed by atoms with van der Waals surface area (Å²) in [6, 6.07) is 5.57. The Morgan fingerprint density at radius 1 is 1.39 bits per heavy atom. The van der Waals surface area contributed by atoms with Crippen LogP contribution in [0.2, 0.25) is 0 Å². The molecule has 0 aliphatic carbocycles. The second kappa shape index (κ2) is 7.39. The summed E-state index contributed by atoms with van der Waals surface area (Å²) in [5.74, 6) is -0.381. The molecule has 2 aromatic rings. The smallest absolute Gasteiger partial charge is 0.295 e. The van der Waals surface area contributed by atoms with Gasteiger partial charge in [0.1, 0.15) is 5.69 Å². The van der Waals surface area contributed by atoms with E-state index in [1.54, 1.807) is 18.3 Å². The van der Waals surface area contributed by atoms with Crippen LogP contribution in [0.5, 0.6) is 11.6 Å². The third kappa shape index (κ3) is 4.06. The van der Waals surface area contributed by atoms with Crippen LogP contribution >= 0.6 is 0 Å². The minimum absolute atomic E-state index is 0.0668. The number of nitro groups is 1. The standard InChI is InChI=1S/C15H16FN3O4/c1-3-23-15-6-10(4-5-17-15)9-18-12-8-14(22-2)11(16)7-13(12)19(20)21/h4-8,18H,3,9H2,1-2H3. The fraction of sp³-hybridized carbons (Fsp3) is 0.267. The topological polar surface area (TPSA) is 86.5 Å². The molecule has 0 bridgehead atoms. The van der Waals surface area contributed by atoms with E-state index in [2.05, 4.69) is 10.3 Å². The maximum Gasteiger partial charge on any atom is 0.295 e. The quantitative estimate of drug-likeness (QED) is 0.623. The van der Waals surface area contributed by atoms with E-state index >= 15 is 0 Å².